The number of carbonyl (C=O) groups is 1. The smallest absolute Gasteiger partial charge is 0.246 e. The van der Waals surface area contributed by atoms with Crippen molar-refractivity contribution in [3.8, 4) is 5.75 Å². The number of hydrogen-bond acceptors (Lipinski definition) is 3. The summed E-state index contributed by atoms with van der Waals surface area (Å²) in [7, 11) is 1.57. The van der Waals surface area contributed by atoms with Crippen LogP contribution in [0.25, 0.3) is 0 Å². The first-order chi connectivity index (χ1) is 14.2. The Bertz CT molecular complexity index is 1010. The first kappa shape index (κ1) is 19.5. The maximum Gasteiger partial charge on any atom is 0.246 e. The van der Waals surface area contributed by atoms with Gasteiger partial charge >= 0.3 is 0 Å². The first-order valence-electron chi connectivity index (χ1n) is 9.66. The fourth-order valence-electron chi connectivity index (χ4n) is 3.86. The normalized spacial score (nSPS) is 14.7. The van der Waals surface area contributed by atoms with Gasteiger partial charge in [-0.2, -0.15) is 0 Å². The Labute approximate surface area is 176 Å². The zero-order valence-corrected chi connectivity index (χ0v) is 17.0. The Morgan fingerprint density at radius 2 is 1.76 bits per heavy atom. The molecule has 5 heteroatoms. The Kier molecular flexibility index (Phi) is 5.84. The van der Waals surface area contributed by atoms with Crippen molar-refractivity contribution in [1.29, 1.82) is 0 Å². The number of rotatable bonds is 5. The van der Waals surface area contributed by atoms with Crippen molar-refractivity contribution in [1.82, 2.24) is 4.90 Å². The van der Waals surface area contributed by atoms with Crippen LogP contribution in [-0.4, -0.2) is 24.5 Å². The molecule has 0 bridgehead atoms. The topological polar surface area (TPSA) is 41.6 Å². The average molecular weight is 407 g/mol. The Balaban J connectivity index is 1.61. The molecule has 0 aliphatic carbocycles. The molecule has 1 amide bonds. The largest absolute Gasteiger partial charge is 0.495 e. The molecule has 0 radical (unpaired) electrons. The predicted molar refractivity (Wildman–Crippen MR) is 116 cm³/mol. The highest BCUT2D eigenvalue weighted by atomic mass is 35.5. The highest BCUT2D eigenvalue weighted by Gasteiger charge is 2.30. The van der Waals surface area contributed by atoms with E-state index in [2.05, 4.69) is 34.5 Å². The van der Waals surface area contributed by atoms with E-state index in [1.807, 2.05) is 30.3 Å². The maximum atomic E-state index is 13.4. The quantitative estimate of drug-likeness (QED) is 0.641. The highest BCUT2D eigenvalue weighted by Crippen LogP contribution is 2.31. The minimum Gasteiger partial charge on any atom is -0.495 e. The van der Waals surface area contributed by atoms with Gasteiger partial charge in [-0.25, -0.2) is 0 Å². The summed E-state index contributed by atoms with van der Waals surface area (Å²) in [5, 5.41) is 3.50. The number of methoxy groups -OCH3 is 1. The number of benzene rings is 3. The number of nitrogens with zero attached hydrogens (tertiary/aromatic N) is 1. The summed E-state index contributed by atoms with van der Waals surface area (Å²) in [5.74, 6) is 0.508. The molecule has 0 saturated carbocycles. The van der Waals surface area contributed by atoms with Crippen LogP contribution in [0.15, 0.2) is 72.8 Å². The van der Waals surface area contributed by atoms with Crippen LogP contribution in [-0.2, 0) is 17.8 Å². The lowest BCUT2D eigenvalue weighted by Crippen LogP contribution is -2.40. The van der Waals surface area contributed by atoms with Gasteiger partial charge in [0.25, 0.3) is 0 Å². The standard InChI is InChI=1S/C24H23ClN2O2/c1-29-22-12-11-20(15-21(22)25)26-24(28)23(18-8-3-2-4-9-18)27-14-13-17-7-5-6-10-19(17)16-27/h2-12,15,23H,13-14,16H2,1H3,(H,26,28)/t23-/m0/s1. The van der Waals surface area contributed by atoms with Gasteiger partial charge in [0.15, 0.2) is 0 Å². The van der Waals surface area contributed by atoms with E-state index in [1.165, 1.54) is 11.1 Å². The highest BCUT2D eigenvalue weighted by molar-refractivity contribution is 6.32. The lowest BCUT2D eigenvalue weighted by molar-refractivity contribution is -0.122. The van der Waals surface area contributed by atoms with Crippen LogP contribution >= 0.6 is 11.6 Å². The van der Waals surface area contributed by atoms with Crippen molar-refractivity contribution in [3.05, 3.63) is 94.5 Å². The van der Waals surface area contributed by atoms with Gasteiger partial charge in [0, 0.05) is 18.8 Å². The summed E-state index contributed by atoms with van der Waals surface area (Å²) in [5.41, 5.74) is 4.26. The summed E-state index contributed by atoms with van der Waals surface area (Å²) >= 11 is 6.23. The molecule has 0 saturated heterocycles. The molecule has 148 valence electrons. The lowest BCUT2D eigenvalue weighted by Gasteiger charge is -2.35. The number of anilines is 1. The molecule has 0 unspecified atom stereocenters. The van der Waals surface area contributed by atoms with E-state index in [1.54, 1.807) is 25.3 Å². The van der Waals surface area contributed by atoms with Crippen LogP contribution in [0.3, 0.4) is 0 Å². The van der Waals surface area contributed by atoms with Crippen molar-refractivity contribution in [2.45, 2.75) is 19.0 Å². The van der Waals surface area contributed by atoms with Gasteiger partial charge in [-0.1, -0.05) is 66.2 Å². The van der Waals surface area contributed by atoms with Crippen LogP contribution in [0.4, 0.5) is 5.69 Å². The molecule has 0 aromatic heterocycles. The molecule has 29 heavy (non-hydrogen) atoms. The first-order valence-corrected chi connectivity index (χ1v) is 10.0. The van der Waals surface area contributed by atoms with Crippen LogP contribution in [0, 0.1) is 0 Å². The van der Waals surface area contributed by atoms with Gasteiger partial charge in [-0.15, -0.1) is 0 Å². The molecule has 3 aromatic carbocycles. The zero-order chi connectivity index (χ0) is 20.2. The van der Waals surface area contributed by atoms with Gasteiger partial charge in [-0.05, 0) is 41.3 Å². The van der Waals surface area contributed by atoms with Crippen molar-refractivity contribution in [2.75, 3.05) is 19.0 Å². The third-order valence-electron chi connectivity index (χ3n) is 5.31. The van der Waals surface area contributed by atoms with E-state index >= 15 is 0 Å². The maximum absolute atomic E-state index is 13.4. The van der Waals surface area contributed by atoms with Crippen LogP contribution in [0.2, 0.25) is 5.02 Å². The second kappa shape index (κ2) is 8.68. The van der Waals surface area contributed by atoms with E-state index in [0.29, 0.717) is 16.5 Å². The third-order valence-corrected chi connectivity index (χ3v) is 5.60. The second-order valence-electron chi connectivity index (χ2n) is 7.14. The van der Waals surface area contributed by atoms with Gasteiger partial charge in [0.05, 0.1) is 12.1 Å². The zero-order valence-electron chi connectivity index (χ0n) is 16.3. The van der Waals surface area contributed by atoms with E-state index in [4.69, 9.17) is 16.3 Å². The van der Waals surface area contributed by atoms with Crippen LogP contribution in [0.5, 0.6) is 5.75 Å². The molecule has 4 rings (SSSR count). The molecule has 1 aliphatic heterocycles. The van der Waals surface area contributed by atoms with Gasteiger partial charge in [-0.3, -0.25) is 9.69 Å². The van der Waals surface area contributed by atoms with Crippen molar-refractivity contribution in [3.63, 3.8) is 0 Å². The molecule has 0 spiro atoms. The monoisotopic (exact) mass is 406 g/mol. The fourth-order valence-corrected chi connectivity index (χ4v) is 4.11. The van der Waals surface area contributed by atoms with Crippen molar-refractivity contribution >= 4 is 23.2 Å². The van der Waals surface area contributed by atoms with Crippen molar-refractivity contribution in [2.24, 2.45) is 0 Å². The third kappa shape index (κ3) is 4.29. The molecule has 1 N–H and O–H groups in total. The summed E-state index contributed by atoms with van der Waals surface area (Å²) in [4.78, 5) is 15.6. The van der Waals surface area contributed by atoms with Crippen LogP contribution in [0.1, 0.15) is 22.7 Å². The average Bonchev–Trinajstić information content (AvgIpc) is 2.75. The van der Waals surface area contributed by atoms with Crippen LogP contribution < -0.4 is 10.1 Å². The van der Waals surface area contributed by atoms with E-state index < -0.39 is 0 Å². The summed E-state index contributed by atoms with van der Waals surface area (Å²) in [6.45, 7) is 1.57. The van der Waals surface area contributed by atoms with Gasteiger partial charge in [0.2, 0.25) is 5.91 Å². The Morgan fingerprint density at radius 3 is 2.48 bits per heavy atom. The summed E-state index contributed by atoms with van der Waals surface area (Å²) < 4.78 is 5.20. The molecule has 1 aliphatic rings. The number of ether oxygens (including phenoxy) is 1. The lowest BCUT2D eigenvalue weighted by atomic mass is 9.96. The molecular weight excluding hydrogens is 384 g/mol. The molecule has 1 heterocycles. The minimum absolute atomic E-state index is 0.0724. The minimum atomic E-state index is -0.384. The van der Waals surface area contributed by atoms with E-state index in [0.717, 1.165) is 25.1 Å². The Hall–Kier alpha value is -2.82. The van der Waals surface area contributed by atoms with Gasteiger partial charge in [0.1, 0.15) is 11.8 Å². The number of fused-ring (bicyclic) bond motifs is 1. The molecule has 3 aromatic rings. The second-order valence-corrected chi connectivity index (χ2v) is 7.55. The number of carbonyl (C=O) groups excluding carboxylic acids is 1. The molecule has 4 nitrogen and oxygen atoms in total. The summed E-state index contributed by atoms with van der Waals surface area (Å²) in [6.07, 6.45) is 0.932. The van der Waals surface area contributed by atoms with Crippen molar-refractivity contribution < 1.29 is 9.53 Å². The van der Waals surface area contributed by atoms with E-state index in [9.17, 15) is 4.79 Å². The molecule has 1 atom stereocenters. The van der Waals surface area contributed by atoms with E-state index in [-0.39, 0.29) is 11.9 Å². The van der Waals surface area contributed by atoms with Gasteiger partial charge < -0.3 is 10.1 Å². The number of nitrogens with one attached hydrogen (secondary N) is 1. The molecule has 0 fully saturated rings. The Morgan fingerprint density at radius 1 is 1.03 bits per heavy atom. The SMILES string of the molecule is COc1ccc(NC(=O)[C@H](c2ccccc2)N2CCc3ccccc3C2)cc1Cl. The summed E-state index contributed by atoms with van der Waals surface area (Å²) in [6, 6.07) is 23.2. The molecular formula is C24H23ClN2O2. The fraction of sp³-hybridized carbons (Fsp3) is 0.208. The number of amides is 1. The predicted octanol–water partition coefficient (Wildman–Crippen LogP) is 5.09. The number of halogens is 1. The number of hydrogen-bond donors (Lipinski definition) is 1.